The molecule has 1 aromatic rings. The number of carboxylic acids is 2. The van der Waals surface area contributed by atoms with E-state index in [1.54, 1.807) is 6.07 Å². The van der Waals surface area contributed by atoms with Gasteiger partial charge in [-0.25, -0.2) is 4.79 Å². The van der Waals surface area contributed by atoms with Crippen molar-refractivity contribution in [3.63, 3.8) is 0 Å². The maximum atomic E-state index is 11.7. The second-order valence-corrected chi connectivity index (χ2v) is 4.55. The fourth-order valence-corrected chi connectivity index (χ4v) is 1.93. The smallest absolute Gasteiger partial charge is 0.327 e. The average molecular weight is 284 g/mol. The van der Waals surface area contributed by atoms with E-state index in [4.69, 9.17) is 10.2 Å². The third-order valence-corrected chi connectivity index (χ3v) is 3.06. The van der Waals surface area contributed by atoms with Crippen molar-refractivity contribution in [2.75, 3.05) is 11.5 Å². The summed E-state index contributed by atoms with van der Waals surface area (Å²) in [6, 6.07) is 1.92. The molecule has 1 rings (SSSR count). The number of pyridine rings is 1. The van der Waals surface area contributed by atoms with Gasteiger partial charge in [-0.1, -0.05) is 0 Å². The maximum absolute atomic E-state index is 11.7. The third kappa shape index (κ3) is 5.38. The van der Waals surface area contributed by atoms with Crippen LogP contribution in [0, 0.1) is 0 Å². The Morgan fingerprint density at radius 2 is 2.11 bits per heavy atom. The molecule has 0 saturated carbocycles. The number of hydrogen-bond acceptors (Lipinski definition) is 5. The molecular formula is C11H12N2O5S. The summed E-state index contributed by atoms with van der Waals surface area (Å²) in [6.07, 6.45) is 2.81. The van der Waals surface area contributed by atoms with Crippen molar-refractivity contribution in [3.05, 3.63) is 30.1 Å². The zero-order chi connectivity index (χ0) is 14.3. The van der Waals surface area contributed by atoms with E-state index in [1.165, 1.54) is 18.5 Å². The minimum Gasteiger partial charge on any atom is -0.481 e. The fourth-order valence-electron chi connectivity index (χ4n) is 1.18. The molecule has 1 atom stereocenters. The van der Waals surface area contributed by atoms with E-state index in [1.807, 2.05) is 0 Å². The number of thioether (sulfide) groups is 1. The molecule has 0 aliphatic heterocycles. The molecule has 0 radical (unpaired) electrons. The number of hydrogen-bond donors (Lipinski definition) is 3. The van der Waals surface area contributed by atoms with Gasteiger partial charge < -0.3 is 15.5 Å². The van der Waals surface area contributed by atoms with E-state index in [0.29, 0.717) is 0 Å². The predicted octanol–water partition coefficient (Wildman–Crippen LogP) is 0.0824. The van der Waals surface area contributed by atoms with Crippen molar-refractivity contribution in [2.24, 2.45) is 0 Å². The lowest BCUT2D eigenvalue weighted by Crippen LogP contribution is -2.42. The molecule has 7 nitrogen and oxygen atoms in total. The Balaban J connectivity index is 2.56. The topological polar surface area (TPSA) is 117 Å². The number of aliphatic carboxylic acids is 2. The predicted molar refractivity (Wildman–Crippen MR) is 68.1 cm³/mol. The highest BCUT2D eigenvalue weighted by molar-refractivity contribution is 8.00. The normalized spacial score (nSPS) is 11.6. The largest absolute Gasteiger partial charge is 0.481 e. The van der Waals surface area contributed by atoms with E-state index in [2.05, 4.69) is 10.3 Å². The summed E-state index contributed by atoms with van der Waals surface area (Å²) in [7, 11) is 0. The number of amides is 1. The summed E-state index contributed by atoms with van der Waals surface area (Å²) >= 11 is 0.924. The maximum Gasteiger partial charge on any atom is 0.327 e. The Kier molecular flexibility index (Phi) is 5.80. The van der Waals surface area contributed by atoms with Gasteiger partial charge in [-0.2, -0.15) is 0 Å². The highest BCUT2D eigenvalue weighted by Crippen LogP contribution is 2.04. The van der Waals surface area contributed by atoms with Crippen LogP contribution in [-0.4, -0.2) is 50.6 Å². The van der Waals surface area contributed by atoms with Crippen LogP contribution in [0.3, 0.4) is 0 Å². The molecule has 0 aromatic carbocycles. The zero-order valence-corrected chi connectivity index (χ0v) is 10.6. The first-order valence-electron chi connectivity index (χ1n) is 5.24. The Morgan fingerprint density at radius 1 is 1.37 bits per heavy atom. The number of nitrogens with one attached hydrogen (secondary N) is 1. The van der Waals surface area contributed by atoms with Crippen molar-refractivity contribution in [2.45, 2.75) is 6.04 Å². The Labute approximate surface area is 113 Å². The van der Waals surface area contributed by atoms with Gasteiger partial charge >= 0.3 is 11.9 Å². The van der Waals surface area contributed by atoms with Crippen molar-refractivity contribution in [3.8, 4) is 0 Å². The summed E-state index contributed by atoms with van der Waals surface area (Å²) in [6.45, 7) is 0. The van der Waals surface area contributed by atoms with Crippen molar-refractivity contribution in [1.29, 1.82) is 0 Å². The lowest BCUT2D eigenvalue weighted by atomic mass is 10.2. The molecule has 1 heterocycles. The molecular weight excluding hydrogens is 272 g/mol. The third-order valence-electron chi connectivity index (χ3n) is 2.04. The molecule has 0 aliphatic carbocycles. The van der Waals surface area contributed by atoms with E-state index < -0.39 is 23.9 Å². The van der Waals surface area contributed by atoms with Crippen LogP contribution in [0.5, 0.6) is 0 Å². The quantitative estimate of drug-likeness (QED) is 0.649. The molecule has 102 valence electrons. The Bertz CT molecular complexity index is 465. The van der Waals surface area contributed by atoms with Gasteiger partial charge in [0.2, 0.25) is 0 Å². The van der Waals surface area contributed by atoms with Crippen LogP contribution < -0.4 is 5.32 Å². The van der Waals surface area contributed by atoms with E-state index in [-0.39, 0.29) is 17.1 Å². The average Bonchev–Trinajstić information content (AvgIpc) is 2.37. The summed E-state index contributed by atoms with van der Waals surface area (Å²) in [5.74, 6) is -3.04. The highest BCUT2D eigenvalue weighted by atomic mass is 32.2. The molecule has 0 spiro atoms. The molecule has 8 heteroatoms. The second kappa shape index (κ2) is 7.37. The lowest BCUT2D eigenvalue weighted by Gasteiger charge is -2.13. The molecule has 19 heavy (non-hydrogen) atoms. The van der Waals surface area contributed by atoms with Crippen LogP contribution in [0.15, 0.2) is 24.5 Å². The number of rotatable bonds is 7. The fraction of sp³-hybridized carbons (Fsp3) is 0.273. The molecule has 0 fully saturated rings. The SMILES string of the molecule is O=C(O)CSCC(NC(=O)c1cccnc1)C(=O)O. The van der Waals surface area contributed by atoms with Crippen LogP contribution in [0.4, 0.5) is 0 Å². The molecule has 1 amide bonds. The first-order valence-corrected chi connectivity index (χ1v) is 6.39. The molecule has 1 aromatic heterocycles. The van der Waals surface area contributed by atoms with Crippen molar-refractivity contribution >= 4 is 29.6 Å². The van der Waals surface area contributed by atoms with Crippen LogP contribution in [0.1, 0.15) is 10.4 Å². The van der Waals surface area contributed by atoms with Crippen molar-refractivity contribution in [1.82, 2.24) is 10.3 Å². The first kappa shape index (κ1) is 15.0. The van der Waals surface area contributed by atoms with Crippen LogP contribution in [0.25, 0.3) is 0 Å². The monoisotopic (exact) mass is 284 g/mol. The minimum absolute atomic E-state index is 0.0202. The Morgan fingerprint density at radius 3 is 2.63 bits per heavy atom. The van der Waals surface area contributed by atoms with Gasteiger partial charge in [-0.3, -0.25) is 14.6 Å². The summed E-state index contributed by atoms with van der Waals surface area (Å²) in [5, 5.41) is 19.7. The number of carbonyl (C=O) groups excluding carboxylic acids is 1. The Hall–Kier alpha value is -2.09. The molecule has 0 aliphatic rings. The van der Waals surface area contributed by atoms with E-state index in [0.717, 1.165) is 11.8 Å². The number of carbonyl (C=O) groups is 3. The van der Waals surface area contributed by atoms with Gasteiger partial charge in [-0.15, -0.1) is 11.8 Å². The molecule has 0 bridgehead atoms. The second-order valence-electron chi connectivity index (χ2n) is 3.51. The van der Waals surface area contributed by atoms with Gasteiger partial charge in [0.15, 0.2) is 0 Å². The molecule has 1 unspecified atom stereocenters. The lowest BCUT2D eigenvalue weighted by molar-refractivity contribution is -0.138. The zero-order valence-electron chi connectivity index (χ0n) is 9.78. The van der Waals surface area contributed by atoms with Crippen LogP contribution >= 0.6 is 11.8 Å². The van der Waals surface area contributed by atoms with Gasteiger partial charge in [-0.05, 0) is 12.1 Å². The molecule has 3 N–H and O–H groups in total. The van der Waals surface area contributed by atoms with Crippen LogP contribution in [-0.2, 0) is 9.59 Å². The number of nitrogens with zero attached hydrogens (tertiary/aromatic N) is 1. The van der Waals surface area contributed by atoms with Crippen molar-refractivity contribution < 1.29 is 24.6 Å². The van der Waals surface area contributed by atoms with E-state index in [9.17, 15) is 14.4 Å². The number of carboxylic acid groups (broad SMARTS) is 2. The number of aromatic nitrogens is 1. The first-order chi connectivity index (χ1) is 9.00. The summed E-state index contributed by atoms with van der Waals surface area (Å²) in [5.41, 5.74) is 0.247. The standard InChI is InChI=1S/C11H12N2O5S/c14-9(15)6-19-5-8(11(17)18)13-10(16)7-2-1-3-12-4-7/h1-4,8H,5-6H2,(H,13,16)(H,14,15)(H,17,18). The summed E-state index contributed by atoms with van der Waals surface area (Å²) in [4.78, 5) is 36.7. The van der Waals surface area contributed by atoms with E-state index >= 15 is 0 Å². The van der Waals surface area contributed by atoms with Gasteiger partial charge in [0.1, 0.15) is 6.04 Å². The molecule has 0 saturated heterocycles. The van der Waals surface area contributed by atoms with Gasteiger partial charge in [0.25, 0.3) is 5.91 Å². The minimum atomic E-state index is -1.21. The van der Waals surface area contributed by atoms with Crippen LogP contribution in [0.2, 0.25) is 0 Å². The van der Waals surface area contributed by atoms with Gasteiger partial charge in [0, 0.05) is 18.1 Å². The summed E-state index contributed by atoms with van der Waals surface area (Å²) < 4.78 is 0. The van der Waals surface area contributed by atoms with Gasteiger partial charge in [0.05, 0.1) is 11.3 Å². The highest BCUT2D eigenvalue weighted by Gasteiger charge is 2.21.